The normalized spacial score (nSPS) is 17.6. The third kappa shape index (κ3) is 3.76. The molecule has 0 bridgehead atoms. The summed E-state index contributed by atoms with van der Waals surface area (Å²) in [5.74, 6) is -0.140. The minimum Gasteiger partial charge on any atom is -0.381 e. The van der Waals surface area contributed by atoms with Gasteiger partial charge >= 0.3 is 0 Å². The van der Waals surface area contributed by atoms with Crippen molar-refractivity contribution in [2.75, 3.05) is 11.9 Å². The first-order chi connectivity index (χ1) is 8.90. The van der Waals surface area contributed by atoms with Gasteiger partial charge in [0.15, 0.2) is 0 Å². The Morgan fingerprint density at radius 2 is 1.95 bits per heavy atom. The van der Waals surface area contributed by atoms with Crippen molar-refractivity contribution in [1.82, 2.24) is 0 Å². The second-order valence-corrected chi connectivity index (χ2v) is 6.31. The zero-order chi connectivity index (χ0) is 14.0. The fraction of sp³-hybridized carbons (Fsp3) is 0.529. The lowest BCUT2D eigenvalue weighted by Gasteiger charge is -2.35. The molecule has 0 aliphatic heterocycles. The highest BCUT2D eigenvalue weighted by Gasteiger charge is 2.27. The molecule has 0 amide bonds. The van der Waals surface area contributed by atoms with Crippen molar-refractivity contribution in [3.8, 4) is 0 Å². The average molecular weight is 298 g/mol. The third-order valence-electron chi connectivity index (χ3n) is 4.33. The van der Waals surface area contributed by atoms with Gasteiger partial charge in [0.1, 0.15) is 5.82 Å². The van der Waals surface area contributed by atoms with E-state index < -0.39 is 0 Å². The first-order valence-corrected chi connectivity index (χ1v) is 7.09. The lowest BCUT2D eigenvalue weighted by atomic mass is 9.73. The molecule has 20 heavy (non-hydrogen) atoms. The van der Waals surface area contributed by atoms with E-state index in [4.69, 9.17) is 0 Å². The minimum absolute atomic E-state index is 0. The first kappa shape index (κ1) is 17.0. The summed E-state index contributed by atoms with van der Waals surface area (Å²) in [6, 6.07) is 5.36. The summed E-state index contributed by atoms with van der Waals surface area (Å²) < 4.78 is 13.5. The standard InChI is InChI=1S/C17H24FN.ClH/c1-12-6-5-9-17(3,4)15(12)11-19-14-8-7-13(2)16(18)10-14;/h7-8,10,19H,5-6,9,11H2,1-4H3;1H. The summed E-state index contributed by atoms with van der Waals surface area (Å²) >= 11 is 0. The lowest BCUT2D eigenvalue weighted by Crippen LogP contribution is -2.25. The summed E-state index contributed by atoms with van der Waals surface area (Å²) in [5, 5.41) is 3.37. The van der Waals surface area contributed by atoms with Crippen molar-refractivity contribution in [2.45, 2.75) is 47.0 Å². The fourth-order valence-corrected chi connectivity index (χ4v) is 2.96. The Morgan fingerprint density at radius 3 is 2.55 bits per heavy atom. The highest BCUT2D eigenvalue weighted by Crippen LogP contribution is 2.39. The number of hydrogen-bond donors (Lipinski definition) is 1. The zero-order valence-corrected chi connectivity index (χ0v) is 13.7. The zero-order valence-electron chi connectivity index (χ0n) is 12.8. The minimum atomic E-state index is -0.140. The average Bonchev–Trinajstić information content (AvgIpc) is 2.32. The van der Waals surface area contributed by atoms with Crippen LogP contribution in [0.1, 0.15) is 45.6 Å². The van der Waals surface area contributed by atoms with Crippen LogP contribution in [0.2, 0.25) is 0 Å². The number of halogens is 2. The molecule has 1 aliphatic carbocycles. The lowest BCUT2D eigenvalue weighted by molar-refractivity contribution is 0.364. The Bertz CT molecular complexity index is 506. The molecule has 1 aromatic rings. The Morgan fingerprint density at radius 1 is 1.25 bits per heavy atom. The van der Waals surface area contributed by atoms with E-state index >= 15 is 0 Å². The van der Waals surface area contributed by atoms with Gasteiger partial charge in [0, 0.05) is 12.2 Å². The molecule has 112 valence electrons. The van der Waals surface area contributed by atoms with Crippen LogP contribution in [0.3, 0.4) is 0 Å². The molecule has 3 heteroatoms. The van der Waals surface area contributed by atoms with Gasteiger partial charge in [-0.05, 0) is 61.8 Å². The largest absolute Gasteiger partial charge is 0.381 e. The van der Waals surface area contributed by atoms with Crippen molar-refractivity contribution in [3.05, 3.63) is 40.7 Å². The number of allylic oxidation sites excluding steroid dienone is 1. The van der Waals surface area contributed by atoms with E-state index in [0.717, 1.165) is 12.2 Å². The number of aryl methyl sites for hydroxylation is 1. The third-order valence-corrected chi connectivity index (χ3v) is 4.33. The van der Waals surface area contributed by atoms with Crippen LogP contribution in [0.4, 0.5) is 10.1 Å². The summed E-state index contributed by atoms with van der Waals surface area (Å²) in [7, 11) is 0. The van der Waals surface area contributed by atoms with Crippen molar-refractivity contribution in [2.24, 2.45) is 5.41 Å². The molecular weight excluding hydrogens is 273 g/mol. The molecular formula is C17H25ClFN. The van der Waals surface area contributed by atoms with Gasteiger partial charge < -0.3 is 5.32 Å². The number of hydrogen-bond acceptors (Lipinski definition) is 1. The summed E-state index contributed by atoms with van der Waals surface area (Å²) in [5.41, 5.74) is 4.80. The fourth-order valence-electron chi connectivity index (χ4n) is 2.96. The monoisotopic (exact) mass is 297 g/mol. The van der Waals surface area contributed by atoms with Crippen molar-refractivity contribution < 1.29 is 4.39 Å². The summed E-state index contributed by atoms with van der Waals surface area (Å²) in [6.45, 7) is 9.45. The van der Waals surface area contributed by atoms with Crippen LogP contribution in [0.15, 0.2) is 29.3 Å². The van der Waals surface area contributed by atoms with Crippen LogP contribution >= 0.6 is 12.4 Å². The second kappa shape index (κ2) is 6.62. The van der Waals surface area contributed by atoms with E-state index in [1.165, 1.54) is 30.4 Å². The van der Waals surface area contributed by atoms with Crippen LogP contribution in [-0.2, 0) is 0 Å². The van der Waals surface area contributed by atoms with Crippen molar-refractivity contribution in [3.63, 3.8) is 0 Å². The highest BCUT2D eigenvalue weighted by atomic mass is 35.5. The Balaban J connectivity index is 0.00000200. The molecule has 1 nitrogen and oxygen atoms in total. The predicted octanol–water partition coefficient (Wildman–Crippen LogP) is 5.49. The molecule has 0 heterocycles. The van der Waals surface area contributed by atoms with Gasteiger partial charge in [-0.1, -0.05) is 25.5 Å². The van der Waals surface area contributed by atoms with Crippen LogP contribution in [0.25, 0.3) is 0 Å². The molecule has 0 atom stereocenters. The molecule has 0 radical (unpaired) electrons. The topological polar surface area (TPSA) is 12.0 Å². The van der Waals surface area contributed by atoms with Gasteiger partial charge in [-0.15, -0.1) is 12.4 Å². The van der Waals surface area contributed by atoms with Gasteiger partial charge in [0.25, 0.3) is 0 Å². The van der Waals surface area contributed by atoms with E-state index in [9.17, 15) is 4.39 Å². The maximum atomic E-state index is 13.5. The SMILES string of the molecule is CC1=C(CNc2ccc(C)c(F)c2)C(C)(C)CCC1.Cl. The van der Waals surface area contributed by atoms with Gasteiger partial charge in [0.2, 0.25) is 0 Å². The molecule has 0 saturated carbocycles. The number of rotatable bonds is 3. The van der Waals surface area contributed by atoms with Crippen LogP contribution in [0, 0.1) is 18.2 Å². The van der Waals surface area contributed by atoms with Crippen molar-refractivity contribution in [1.29, 1.82) is 0 Å². The molecule has 0 fully saturated rings. The van der Waals surface area contributed by atoms with Crippen LogP contribution in [0.5, 0.6) is 0 Å². The summed E-state index contributed by atoms with van der Waals surface area (Å²) in [4.78, 5) is 0. The summed E-state index contributed by atoms with van der Waals surface area (Å²) in [6.07, 6.45) is 3.72. The Labute approximate surface area is 128 Å². The van der Waals surface area contributed by atoms with Crippen molar-refractivity contribution >= 4 is 18.1 Å². The highest BCUT2D eigenvalue weighted by molar-refractivity contribution is 5.85. The van der Waals surface area contributed by atoms with E-state index in [-0.39, 0.29) is 23.6 Å². The van der Waals surface area contributed by atoms with E-state index in [1.54, 1.807) is 13.0 Å². The van der Waals surface area contributed by atoms with Gasteiger partial charge in [-0.2, -0.15) is 0 Å². The van der Waals surface area contributed by atoms with Gasteiger partial charge in [-0.3, -0.25) is 0 Å². The van der Waals surface area contributed by atoms with E-state index in [2.05, 4.69) is 26.1 Å². The molecule has 0 unspecified atom stereocenters. The van der Waals surface area contributed by atoms with Gasteiger partial charge in [0.05, 0.1) is 0 Å². The maximum Gasteiger partial charge on any atom is 0.128 e. The van der Waals surface area contributed by atoms with E-state index in [1.807, 2.05) is 12.1 Å². The molecule has 0 aromatic heterocycles. The van der Waals surface area contributed by atoms with Gasteiger partial charge in [-0.25, -0.2) is 4.39 Å². The smallest absolute Gasteiger partial charge is 0.128 e. The Hall–Kier alpha value is -1.02. The molecule has 1 N–H and O–H groups in total. The number of nitrogens with one attached hydrogen (secondary N) is 1. The van der Waals surface area contributed by atoms with Crippen LogP contribution < -0.4 is 5.32 Å². The Kier molecular flexibility index (Phi) is 5.64. The predicted molar refractivity (Wildman–Crippen MR) is 87.2 cm³/mol. The number of anilines is 1. The molecule has 0 saturated heterocycles. The quantitative estimate of drug-likeness (QED) is 0.727. The maximum absolute atomic E-state index is 13.5. The second-order valence-electron chi connectivity index (χ2n) is 6.31. The molecule has 1 aromatic carbocycles. The van der Waals surface area contributed by atoms with E-state index in [0.29, 0.717) is 5.56 Å². The number of benzene rings is 1. The van der Waals surface area contributed by atoms with Crippen LogP contribution in [-0.4, -0.2) is 6.54 Å². The molecule has 2 rings (SSSR count). The first-order valence-electron chi connectivity index (χ1n) is 7.09. The molecule has 0 spiro atoms. The molecule has 1 aliphatic rings.